The summed E-state index contributed by atoms with van der Waals surface area (Å²) in [4.78, 5) is 31.2. The van der Waals surface area contributed by atoms with Crippen molar-refractivity contribution < 1.29 is 19.5 Å². The minimum Gasteiger partial charge on any atom is -0.480 e. The fraction of sp³-hybridized carbons (Fsp3) is 0.312. The van der Waals surface area contributed by atoms with Crippen LogP contribution in [0.15, 0.2) is 30.5 Å². The monoisotopic (exact) mass is 302 g/mol. The first kappa shape index (κ1) is 16.0. The topological polar surface area (TPSA) is 91.4 Å². The molecule has 0 amide bonds. The quantitative estimate of drug-likeness (QED) is 0.581. The van der Waals surface area contributed by atoms with Gasteiger partial charge in [-0.05, 0) is 26.8 Å². The van der Waals surface area contributed by atoms with Crippen LogP contribution in [0.5, 0.6) is 0 Å². The fourth-order valence-electron chi connectivity index (χ4n) is 2.03. The van der Waals surface area contributed by atoms with Crippen LogP contribution in [-0.4, -0.2) is 33.6 Å². The number of rotatable bonds is 5. The first-order chi connectivity index (χ1) is 10.3. The van der Waals surface area contributed by atoms with Crippen LogP contribution in [0, 0.1) is 0 Å². The summed E-state index contributed by atoms with van der Waals surface area (Å²) in [7, 11) is 0. The molecule has 0 aliphatic rings. The van der Waals surface area contributed by atoms with Gasteiger partial charge in [-0.3, -0.25) is 9.63 Å². The number of carboxylic acids is 1. The highest BCUT2D eigenvalue weighted by atomic mass is 16.7. The van der Waals surface area contributed by atoms with Crippen molar-refractivity contribution in [1.82, 2.24) is 10.5 Å². The Kier molecular flexibility index (Phi) is 4.47. The summed E-state index contributed by atoms with van der Waals surface area (Å²) in [6.45, 7) is 5.32. The Balaban J connectivity index is 2.40. The Bertz CT molecular complexity index is 736. The predicted octanol–water partition coefficient (Wildman–Crippen LogP) is 2.16. The number of carboxylic acid groups (broad SMARTS) is 1. The van der Waals surface area contributed by atoms with Gasteiger partial charge in [0, 0.05) is 22.7 Å². The number of carbonyl (C=O) groups excluding carboxylic acids is 1. The lowest BCUT2D eigenvalue weighted by atomic mass is 10.00. The summed E-state index contributed by atoms with van der Waals surface area (Å²) in [5.41, 5.74) is 3.14. The van der Waals surface area contributed by atoms with Crippen molar-refractivity contribution in [2.75, 3.05) is 0 Å². The second-order valence-corrected chi connectivity index (χ2v) is 5.87. The molecule has 0 aliphatic heterocycles. The van der Waals surface area contributed by atoms with Gasteiger partial charge < -0.3 is 10.1 Å². The van der Waals surface area contributed by atoms with E-state index in [2.05, 4.69) is 10.5 Å². The highest BCUT2D eigenvalue weighted by Gasteiger charge is 2.28. The number of H-pyrrole nitrogens is 1. The zero-order chi connectivity index (χ0) is 16.3. The minimum absolute atomic E-state index is 0.0193. The Hall–Kier alpha value is -2.40. The maximum Gasteiger partial charge on any atom is 0.328 e. The molecule has 1 unspecified atom stereocenters. The van der Waals surface area contributed by atoms with Gasteiger partial charge >= 0.3 is 5.97 Å². The van der Waals surface area contributed by atoms with Crippen LogP contribution in [0.2, 0.25) is 0 Å². The zero-order valence-corrected chi connectivity index (χ0v) is 12.6. The van der Waals surface area contributed by atoms with Crippen LogP contribution in [0.3, 0.4) is 0 Å². The van der Waals surface area contributed by atoms with Gasteiger partial charge in [0.2, 0.25) is 0 Å². The van der Waals surface area contributed by atoms with Crippen LogP contribution in [-0.2, 0) is 14.4 Å². The number of hydroxylamine groups is 1. The van der Waals surface area contributed by atoms with Gasteiger partial charge in [-0.15, -0.1) is 0 Å². The first-order valence-electron chi connectivity index (χ1n) is 6.81. The van der Waals surface area contributed by atoms with Gasteiger partial charge in [0.25, 0.3) is 0 Å². The molecule has 3 N–H and O–H groups in total. The highest BCUT2D eigenvalue weighted by Crippen LogP contribution is 2.26. The molecule has 0 bridgehead atoms. The summed E-state index contributed by atoms with van der Waals surface area (Å²) in [6.07, 6.45) is 1.60. The SMILES string of the molecule is CC(C)(C)ONC(C(=O)O)C(=C=O)c1c[nH]c2ccccc12. The molecule has 0 saturated heterocycles. The van der Waals surface area contributed by atoms with E-state index in [1.807, 2.05) is 24.3 Å². The fourth-order valence-corrected chi connectivity index (χ4v) is 2.03. The van der Waals surface area contributed by atoms with E-state index in [1.165, 1.54) is 0 Å². The molecule has 0 spiro atoms. The number of carbonyl (C=O) groups is 1. The number of nitrogens with one attached hydrogen (secondary N) is 2. The standard InChI is InChI=1S/C16H18N2O4/c1-16(2,3)22-18-14(15(20)21)12(9-19)11-8-17-13-7-5-4-6-10(11)13/h4-8,14,17-18H,1-3H3,(H,20,21). The van der Waals surface area contributed by atoms with E-state index in [0.29, 0.717) is 5.56 Å². The molecule has 6 heteroatoms. The lowest BCUT2D eigenvalue weighted by Crippen LogP contribution is -2.42. The normalized spacial score (nSPS) is 12.9. The average Bonchev–Trinajstić information content (AvgIpc) is 2.86. The largest absolute Gasteiger partial charge is 0.480 e. The molecular weight excluding hydrogens is 284 g/mol. The van der Waals surface area contributed by atoms with E-state index in [4.69, 9.17) is 4.84 Å². The van der Waals surface area contributed by atoms with E-state index in [-0.39, 0.29) is 5.57 Å². The van der Waals surface area contributed by atoms with E-state index in [0.717, 1.165) is 10.9 Å². The highest BCUT2D eigenvalue weighted by molar-refractivity contribution is 6.07. The van der Waals surface area contributed by atoms with Gasteiger partial charge in [0.05, 0.1) is 11.2 Å². The van der Waals surface area contributed by atoms with Gasteiger partial charge in [-0.1, -0.05) is 18.2 Å². The molecule has 1 aromatic heterocycles. The molecule has 6 nitrogen and oxygen atoms in total. The molecule has 1 atom stereocenters. The number of aromatic nitrogens is 1. The van der Waals surface area contributed by atoms with Gasteiger partial charge in [-0.2, -0.15) is 5.48 Å². The second kappa shape index (κ2) is 6.15. The molecule has 0 saturated carbocycles. The number of fused-ring (bicyclic) bond motifs is 1. The van der Waals surface area contributed by atoms with Gasteiger partial charge in [0.15, 0.2) is 6.04 Å². The lowest BCUT2D eigenvalue weighted by molar-refractivity contribution is -0.146. The smallest absolute Gasteiger partial charge is 0.328 e. The van der Waals surface area contributed by atoms with Crippen LogP contribution in [0.25, 0.3) is 16.5 Å². The summed E-state index contributed by atoms with van der Waals surface area (Å²) >= 11 is 0. The lowest BCUT2D eigenvalue weighted by Gasteiger charge is -2.23. The Morgan fingerprint density at radius 1 is 1.36 bits per heavy atom. The number of aliphatic carboxylic acids is 1. The molecule has 1 aromatic carbocycles. The predicted molar refractivity (Wildman–Crippen MR) is 82.8 cm³/mol. The summed E-state index contributed by atoms with van der Waals surface area (Å²) in [5.74, 6) is 0.523. The molecule has 2 aromatic rings. The van der Waals surface area contributed by atoms with Crippen molar-refractivity contribution in [2.45, 2.75) is 32.4 Å². The van der Waals surface area contributed by atoms with E-state index >= 15 is 0 Å². The minimum atomic E-state index is -1.31. The molecular formula is C16H18N2O4. The van der Waals surface area contributed by atoms with E-state index in [1.54, 1.807) is 32.9 Å². The van der Waals surface area contributed by atoms with E-state index in [9.17, 15) is 14.7 Å². The van der Waals surface area contributed by atoms with Gasteiger partial charge in [0.1, 0.15) is 5.94 Å². The molecule has 1 heterocycles. The van der Waals surface area contributed by atoms with Gasteiger partial charge in [-0.25, -0.2) is 4.79 Å². The Morgan fingerprint density at radius 2 is 2.05 bits per heavy atom. The Labute approximate surface area is 127 Å². The van der Waals surface area contributed by atoms with Crippen LogP contribution < -0.4 is 5.48 Å². The third-order valence-electron chi connectivity index (χ3n) is 3.01. The third kappa shape index (κ3) is 3.43. The van der Waals surface area contributed by atoms with Crippen molar-refractivity contribution >= 4 is 28.4 Å². The van der Waals surface area contributed by atoms with Crippen LogP contribution >= 0.6 is 0 Å². The first-order valence-corrected chi connectivity index (χ1v) is 6.81. The zero-order valence-electron chi connectivity index (χ0n) is 12.6. The summed E-state index contributed by atoms with van der Waals surface area (Å²) in [6, 6.07) is 6.01. The summed E-state index contributed by atoms with van der Waals surface area (Å²) < 4.78 is 0. The van der Waals surface area contributed by atoms with Crippen molar-refractivity contribution in [1.29, 1.82) is 0 Å². The molecule has 0 radical (unpaired) electrons. The third-order valence-corrected chi connectivity index (χ3v) is 3.01. The number of benzene rings is 1. The summed E-state index contributed by atoms with van der Waals surface area (Å²) in [5, 5.41) is 10.1. The van der Waals surface area contributed by atoms with Crippen molar-refractivity contribution in [3.8, 4) is 0 Å². The van der Waals surface area contributed by atoms with E-state index < -0.39 is 17.6 Å². The maximum atomic E-state index is 11.5. The number of para-hydroxylation sites is 1. The molecule has 116 valence electrons. The van der Waals surface area contributed by atoms with Crippen molar-refractivity contribution in [2.24, 2.45) is 0 Å². The van der Waals surface area contributed by atoms with Crippen LogP contribution in [0.1, 0.15) is 26.3 Å². The Morgan fingerprint density at radius 3 is 2.64 bits per heavy atom. The number of hydrogen-bond acceptors (Lipinski definition) is 4. The molecule has 22 heavy (non-hydrogen) atoms. The van der Waals surface area contributed by atoms with Crippen molar-refractivity contribution in [3.05, 3.63) is 36.0 Å². The molecule has 0 fully saturated rings. The molecule has 0 aliphatic carbocycles. The maximum absolute atomic E-state index is 11.5. The number of hydrogen-bond donors (Lipinski definition) is 3. The molecule has 2 rings (SSSR count). The number of aromatic amines is 1. The van der Waals surface area contributed by atoms with Crippen molar-refractivity contribution in [3.63, 3.8) is 0 Å². The second-order valence-electron chi connectivity index (χ2n) is 5.87. The average molecular weight is 302 g/mol. The van der Waals surface area contributed by atoms with Crippen LogP contribution in [0.4, 0.5) is 0 Å².